The number of halogens is 1. The molecule has 1 atom stereocenters. The van der Waals surface area contributed by atoms with Crippen molar-refractivity contribution < 1.29 is 4.74 Å². The Balaban J connectivity index is 2.40. The van der Waals surface area contributed by atoms with Crippen molar-refractivity contribution in [3.63, 3.8) is 0 Å². The number of ether oxygens (including phenoxy) is 1. The maximum atomic E-state index is 6.17. The van der Waals surface area contributed by atoms with Crippen LogP contribution in [0.2, 0.25) is 5.02 Å². The van der Waals surface area contributed by atoms with E-state index in [2.05, 4.69) is 25.2 Å². The molecule has 4 heteroatoms. The fourth-order valence-corrected chi connectivity index (χ4v) is 2.91. The highest BCUT2D eigenvalue weighted by Crippen LogP contribution is 2.26. The lowest BCUT2D eigenvalue weighted by Gasteiger charge is -2.18. The summed E-state index contributed by atoms with van der Waals surface area (Å²) < 4.78 is 5.65. The van der Waals surface area contributed by atoms with Crippen LogP contribution in [-0.2, 0) is 4.74 Å². The molecule has 0 heterocycles. The van der Waals surface area contributed by atoms with Gasteiger partial charge in [0.25, 0.3) is 0 Å². The first-order chi connectivity index (χ1) is 9.27. The van der Waals surface area contributed by atoms with Crippen LogP contribution in [0, 0.1) is 0 Å². The number of benzene rings is 1. The Hall–Kier alpha value is -0.220. The average Bonchev–Trinajstić information content (AvgIpc) is 2.43. The summed E-state index contributed by atoms with van der Waals surface area (Å²) >= 11 is 7.96. The van der Waals surface area contributed by atoms with Gasteiger partial charge in [-0.3, -0.25) is 0 Å². The number of rotatable bonds is 10. The number of hydrogen-bond acceptors (Lipinski definition) is 3. The van der Waals surface area contributed by atoms with Crippen LogP contribution in [0.4, 0.5) is 0 Å². The van der Waals surface area contributed by atoms with Gasteiger partial charge in [0.1, 0.15) is 0 Å². The van der Waals surface area contributed by atoms with Crippen molar-refractivity contribution in [3.8, 4) is 0 Å². The molecule has 0 aliphatic heterocycles. The maximum Gasteiger partial charge on any atom is 0.0627 e. The molecule has 0 radical (unpaired) electrons. The van der Waals surface area contributed by atoms with E-state index in [9.17, 15) is 0 Å². The Kier molecular flexibility index (Phi) is 9.35. The van der Waals surface area contributed by atoms with Crippen LogP contribution in [0.1, 0.15) is 26.7 Å². The van der Waals surface area contributed by atoms with Crippen molar-refractivity contribution in [3.05, 3.63) is 29.3 Å². The number of nitrogens with one attached hydrogen (secondary N) is 1. The van der Waals surface area contributed by atoms with E-state index < -0.39 is 0 Å². The summed E-state index contributed by atoms with van der Waals surface area (Å²) in [7, 11) is 0. The van der Waals surface area contributed by atoms with E-state index in [1.165, 1.54) is 0 Å². The van der Waals surface area contributed by atoms with Gasteiger partial charge in [0, 0.05) is 23.3 Å². The molecule has 0 aliphatic rings. The number of thioether (sulfide) groups is 1. The lowest BCUT2D eigenvalue weighted by atomic mass is 10.3. The normalized spacial score (nSPS) is 12.6. The number of hydrogen-bond donors (Lipinski definition) is 1. The second kappa shape index (κ2) is 10.6. The van der Waals surface area contributed by atoms with Gasteiger partial charge in [-0.05, 0) is 31.5 Å². The SMILES string of the molecule is CCCNC(COCCC)CSc1ccccc1Cl. The minimum atomic E-state index is 0.382. The molecule has 0 aromatic heterocycles. The topological polar surface area (TPSA) is 21.3 Å². The Morgan fingerprint density at radius 3 is 2.74 bits per heavy atom. The molecule has 0 saturated carbocycles. The molecule has 0 fully saturated rings. The van der Waals surface area contributed by atoms with E-state index in [0.29, 0.717) is 6.04 Å². The molecule has 19 heavy (non-hydrogen) atoms. The third-order valence-electron chi connectivity index (χ3n) is 2.63. The molecule has 0 bridgehead atoms. The lowest BCUT2D eigenvalue weighted by Crippen LogP contribution is -2.36. The van der Waals surface area contributed by atoms with Gasteiger partial charge in [0.05, 0.1) is 11.6 Å². The van der Waals surface area contributed by atoms with Crippen molar-refractivity contribution in [2.45, 2.75) is 37.6 Å². The minimum absolute atomic E-state index is 0.382. The Bertz CT molecular complexity index is 349. The van der Waals surface area contributed by atoms with Gasteiger partial charge >= 0.3 is 0 Å². The molecular weight excluding hydrogens is 278 g/mol. The van der Waals surface area contributed by atoms with Gasteiger partial charge in [0.2, 0.25) is 0 Å². The van der Waals surface area contributed by atoms with E-state index in [0.717, 1.165) is 48.3 Å². The fourth-order valence-electron chi connectivity index (χ4n) is 1.64. The molecule has 0 saturated heterocycles. The Labute approximate surface area is 126 Å². The summed E-state index contributed by atoms with van der Waals surface area (Å²) in [5, 5.41) is 4.36. The summed E-state index contributed by atoms with van der Waals surface area (Å²) in [5.41, 5.74) is 0. The van der Waals surface area contributed by atoms with Crippen LogP contribution < -0.4 is 5.32 Å². The zero-order valence-corrected chi connectivity index (χ0v) is 13.4. The summed E-state index contributed by atoms with van der Waals surface area (Å²) in [4.78, 5) is 1.14. The van der Waals surface area contributed by atoms with Crippen molar-refractivity contribution in [2.24, 2.45) is 0 Å². The van der Waals surface area contributed by atoms with E-state index >= 15 is 0 Å². The Morgan fingerprint density at radius 2 is 2.05 bits per heavy atom. The van der Waals surface area contributed by atoms with E-state index in [4.69, 9.17) is 16.3 Å². The minimum Gasteiger partial charge on any atom is -0.380 e. The Morgan fingerprint density at radius 1 is 1.26 bits per heavy atom. The average molecular weight is 302 g/mol. The maximum absolute atomic E-state index is 6.17. The van der Waals surface area contributed by atoms with E-state index in [-0.39, 0.29) is 0 Å². The molecule has 1 rings (SSSR count). The molecule has 2 nitrogen and oxygen atoms in total. The summed E-state index contributed by atoms with van der Waals surface area (Å²) in [6.07, 6.45) is 2.21. The van der Waals surface area contributed by atoms with Crippen LogP contribution in [-0.4, -0.2) is 31.6 Å². The first kappa shape index (κ1) is 16.8. The smallest absolute Gasteiger partial charge is 0.0627 e. The fraction of sp³-hybridized carbons (Fsp3) is 0.600. The summed E-state index contributed by atoms with van der Waals surface area (Å²) in [6.45, 7) is 6.95. The first-order valence-electron chi connectivity index (χ1n) is 6.96. The van der Waals surface area contributed by atoms with Crippen molar-refractivity contribution in [1.29, 1.82) is 0 Å². The van der Waals surface area contributed by atoms with Gasteiger partial charge in [-0.25, -0.2) is 0 Å². The van der Waals surface area contributed by atoms with Gasteiger partial charge in [-0.1, -0.05) is 37.6 Å². The van der Waals surface area contributed by atoms with Crippen LogP contribution in [0.25, 0.3) is 0 Å². The standard InChI is InChI=1S/C15H24ClNOS/c1-3-9-17-13(11-18-10-4-2)12-19-15-8-6-5-7-14(15)16/h5-8,13,17H,3-4,9-12H2,1-2H3. The van der Waals surface area contributed by atoms with Gasteiger partial charge < -0.3 is 10.1 Å². The quantitative estimate of drug-likeness (QED) is 0.516. The molecule has 0 amide bonds. The third kappa shape index (κ3) is 7.21. The van der Waals surface area contributed by atoms with Crippen LogP contribution in [0.5, 0.6) is 0 Å². The third-order valence-corrected chi connectivity index (χ3v) is 4.30. The molecule has 1 N–H and O–H groups in total. The molecule has 0 spiro atoms. The van der Waals surface area contributed by atoms with Gasteiger partial charge in [-0.2, -0.15) is 0 Å². The van der Waals surface area contributed by atoms with Crippen LogP contribution >= 0.6 is 23.4 Å². The highest BCUT2D eigenvalue weighted by atomic mass is 35.5. The highest BCUT2D eigenvalue weighted by Gasteiger charge is 2.09. The van der Waals surface area contributed by atoms with Crippen LogP contribution in [0.15, 0.2) is 29.2 Å². The largest absolute Gasteiger partial charge is 0.380 e. The second-order valence-corrected chi connectivity index (χ2v) is 5.94. The highest BCUT2D eigenvalue weighted by molar-refractivity contribution is 7.99. The van der Waals surface area contributed by atoms with Gasteiger partial charge in [-0.15, -0.1) is 11.8 Å². The summed E-state index contributed by atoms with van der Waals surface area (Å²) in [5.74, 6) is 0.980. The van der Waals surface area contributed by atoms with E-state index in [1.54, 1.807) is 11.8 Å². The van der Waals surface area contributed by atoms with Crippen LogP contribution in [0.3, 0.4) is 0 Å². The molecule has 1 unspecified atom stereocenters. The zero-order valence-electron chi connectivity index (χ0n) is 11.8. The zero-order chi connectivity index (χ0) is 13.9. The monoisotopic (exact) mass is 301 g/mol. The predicted octanol–water partition coefficient (Wildman–Crippen LogP) is 4.23. The molecular formula is C15H24ClNOS. The van der Waals surface area contributed by atoms with Crippen molar-refractivity contribution >= 4 is 23.4 Å². The molecule has 108 valence electrons. The summed E-state index contributed by atoms with van der Waals surface area (Å²) in [6, 6.07) is 8.37. The van der Waals surface area contributed by atoms with Crippen molar-refractivity contribution in [2.75, 3.05) is 25.5 Å². The second-order valence-electron chi connectivity index (χ2n) is 4.47. The van der Waals surface area contributed by atoms with Gasteiger partial charge in [0.15, 0.2) is 0 Å². The molecule has 1 aromatic carbocycles. The van der Waals surface area contributed by atoms with E-state index in [1.807, 2.05) is 18.2 Å². The van der Waals surface area contributed by atoms with Crippen molar-refractivity contribution in [1.82, 2.24) is 5.32 Å². The predicted molar refractivity (Wildman–Crippen MR) is 85.4 cm³/mol. The first-order valence-corrected chi connectivity index (χ1v) is 8.32. The molecule has 0 aliphatic carbocycles. The lowest BCUT2D eigenvalue weighted by molar-refractivity contribution is 0.117. The molecule has 1 aromatic rings.